The van der Waals surface area contributed by atoms with E-state index >= 15 is 0 Å². The molecule has 1 aliphatic carbocycles. The van der Waals surface area contributed by atoms with Gasteiger partial charge in [0.25, 0.3) is 5.91 Å². The summed E-state index contributed by atoms with van der Waals surface area (Å²) in [5.74, 6) is 0.235. The van der Waals surface area contributed by atoms with E-state index in [0.29, 0.717) is 23.6 Å². The van der Waals surface area contributed by atoms with Crippen molar-refractivity contribution in [3.05, 3.63) is 33.7 Å². The molecular weight excluding hydrogens is 232 g/mol. The van der Waals surface area contributed by atoms with Gasteiger partial charge in [-0.2, -0.15) is 0 Å². The van der Waals surface area contributed by atoms with Gasteiger partial charge in [0.15, 0.2) is 0 Å². The molecule has 5 heteroatoms. The van der Waals surface area contributed by atoms with Gasteiger partial charge in [-0.05, 0) is 38.2 Å². The van der Waals surface area contributed by atoms with Gasteiger partial charge in [-0.1, -0.05) is 0 Å². The highest BCUT2D eigenvalue weighted by atomic mass is 16.3. The summed E-state index contributed by atoms with van der Waals surface area (Å²) in [5.41, 5.74) is 0.767. The molecule has 1 aromatic heterocycles. The molecule has 0 saturated heterocycles. The lowest BCUT2D eigenvalue weighted by Crippen LogP contribution is -2.37. The van der Waals surface area contributed by atoms with Gasteiger partial charge in [0.2, 0.25) is 5.56 Å². The number of aryl methyl sites for hydroxylation is 1. The van der Waals surface area contributed by atoms with Crippen molar-refractivity contribution in [1.82, 2.24) is 10.3 Å². The molecule has 1 aromatic rings. The van der Waals surface area contributed by atoms with E-state index in [0.717, 1.165) is 12.8 Å². The Morgan fingerprint density at radius 2 is 2.28 bits per heavy atom. The summed E-state index contributed by atoms with van der Waals surface area (Å²) in [6.45, 7) is 1.81. The molecule has 1 heterocycles. The highest BCUT2D eigenvalue weighted by Gasteiger charge is 2.31. The van der Waals surface area contributed by atoms with Crippen molar-refractivity contribution in [2.75, 3.05) is 6.61 Å². The number of amides is 1. The number of aromatic amines is 1. The number of aromatic nitrogens is 1. The Bertz CT molecular complexity index is 491. The van der Waals surface area contributed by atoms with Crippen LogP contribution in [0.2, 0.25) is 0 Å². The summed E-state index contributed by atoms with van der Waals surface area (Å²) in [6.07, 6.45) is 2.76. The number of aliphatic hydroxyl groups is 1. The zero-order valence-electron chi connectivity index (χ0n) is 10.4. The van der Waals surface area contributed by atoms with Gasteiger partial charge in [0.05, 0.1) is 0 Å². The minimum atomic E-state index is -0.273. The molecule has 0 bridgehead atoms. The fourth-order valence-electron chi connectivity index (χ4n) is 2.13. The molecule has 98 valence electrons. The maximum Gasteiger partial charge on any atom is 0.251 e. The molecule has 1 amide bonds. The van der Waals surface area contributed by atoms with Crippen LogP contribution in [0.4, 0.5) is 0 Å². The van der Waals surface area contributed by atoms with Crippen molar-refractivity contribution in [2.24, 2.45) is 5.92 Å². The van der Waals surface area contributed by atoms with Crippen LogP contribution in [0, 0.1) is 12.8 Å². The highest BCUT2D eigenvalue weighted by Crippen LogP contribution is 2.34. The van der Waals surface area contributed by atoms with Crippen LogP contribution in [0.1, 0.15) is 35.3 Å². The zero-order valence-corrected chi connectivity index (χ0v) is 10.4. The monoisotopic (exact) mass is 250 g/mol. The molecule has 0 aromatic carbocycles. The van der Waals surface area contributed by atoms with E-state index in [1.165, 1.54) is 6.07 Å². The third kappa shape index (κ3) is 3.20. The Balaban J connectivity index is 2.07. The Kier molecular flexibility index (Phi) is 3.81. The molecule has 1 fully saturated rings. The molecule has 0 aliphatic heterocycles. The van der Waals surface area contributed by atoms with Crippen LogP contribution < -0.4 is 10.9 Å². The van der Waals surface area contributed by atoms with Gasteiger partial charge in [0, 0.05) is 30.0 Å². The summed E-state index contributed by atoms with van der Waals surface area (Å²) >= 11 is 0. The molecule has 1 saturated carbocycles. The fraction of sp³-hybridized carbons (Fsp3) is 0.538. The van der Waals surface area contributed by atoms with Gasteiger partial charge in [-0.3, -0.25) is 9.59 Å². The Morgan fingerprint density at radius 3 is 2.83 bits per heavy atom. The van der Waals surface area contributed by atoms with Crippen LogP contribution in [-0.2, 0) is 0 Å². The van der Waals surface area contributed by atoms with E-state index in [-0.39, 0.29) is 24.1 Å². The van der Waals surface area contributed by atoms with Gasteiger partial charge >= 0.3 is 0 Å². The van der Waals surface area contributed by atoms with Crippen LogP contribution in [0.5, 0.6) is 0 Å². The number of hydrogen-bond donors (Lipinski definition) is 3. The number of rotatable bonds is 5. The van der Waals surface area contributed by atoms with Crippen molar-refractivity contribution in [1.29, 1.82) is 0 Å². The largest absolute Gasteiger partial charge is 0.396 e. The maximum atomic E-state index is 12.0. The lowest BCUT2D eigenvalue weighted by molar-refractivity contribution is 0.0924. The Morgan fingerprint density at radius 1 is 1.56 bits per heavy atom. The summed E-state index contributed by atoms with van der Waals surface area (Å²) in [7, 11) is 0. The molecule has 18 heavy (non-hydrogen) atoms. The molecule has 3 N–H and O–H groups in total. The first kappa shape index (κ1) is 12.8. The summed E-state index contributed by atoms with van der Waals surface area (Å²) in [5, 5.41) is 11.9. The van der Waals surface area contributed by atoms with E-state index in [9.17, 15) is 9.59 Å². The number of carbonyl (C=O) groups is 1. The quantitative estimate of drug-likeness (QED) is 0.714. The van der Waals surface area contributed by atoms with Crippen LogP contribution in [0.3, 0.4) is 0 Å². The van der Waals surface area contributed by atoms with Gasteiger partial charge in [-0.15, -0.1) is 0 Å². The second kappa shape index (κ2) is 5.35. The van der Waals surface area contributed by atoms with Crippen LogP contribution in [-0.4, -0.2) is 28.6 Å². The third-order valence-electron chi connectivity index (χ3n) is 3.19. The second-order valence-corrected chi connectivity index (χ2v) is 4.85. The smallest absolute Gasteiger partial charge is 0.251 e. The maximum absolute atomic E-state index is 12.0. The second-order valence-electron chi connectivity index (χ2n) is 4.85. The molecule has 1 atom stereocenters. The van der Waals surface area contributed by atoms with Crippen molar-refractivity contribution >= 4 is 5.91 Å². The van der Waals surface area contributed by atoms with Crippen molar-refractivity contribution in [3.8, 4) is 0 Å². The number of hydrogen-bond acceptors (Lipinski definition) is 3. The first-order chi connectivity index (χ1) is 8.60. The van der Waals surface area contributed by atoms with Crippen molar-refractivity contribution < 1.29 is 9.90 Å². The Labute approximate surface area is 105 Å². The van der Waals surface area contributed by atoms with Crippen LogP contribution in [0.25, 0.3) is 0 Å². The van der Waals surface area contributed by atoms with Gasteiger partial charge in [0.1, 0.15) is 0 Å². The third-order valence-corrected chi connectivity index (χ3v) is 3.19. The highest BCUT2D eigenvalue weighted by molar-refractivity contribution is 5.94. The average Bonchev–Trinajstić information content (AvgIpc) is 3.10. The standard InChI is InChI=1S/C13H18N2O3/c1-8-6-10(7-12(17)14-8)13(18)15-11(4-5-16)9-2-3-9/h6-7,9,11,16H,2-5H2,1H3,(H,14,17)(H,15,18). The number of nitrogens with one attached hydrogen (secondary N) is 2. The lowest BCUT2D eigenvalue weighted by atomic mass is 10.1. The molecule has 5 nitrogen and oxygen atoms in total. The predicted molar refractivity (Wildman–Crippen MR) is 67.5 cm³/mol. The molecule has 1 aliphatic rings. The number of carbonyl (C=O) groups excluding carboxylic acids is 1. The fourth-order valence-corrected chi connectivity index (χ4v) is 2.13. The molecule has 2 rings (SSSR count). The molecular formula is C13H18N2O3. The Hall–Kier alpha value is -1.62. The van der Waals surface area contributed by atoms with Crippen LogP contribution in [0.15, 0.2) is 16.9 Å². The average molecular weight is 250 g/mol. The van der Waals surface area contributed by atoms with Gasteiger partial charge < -0.3 is 15.4 Å². The minimum absolute atomic E-state index is 0.0158. The molecule has 1 unspecified atom stereocenters. The summed E-state index contributed by atoms with van der Waals surface area (Å²) in [6, 6.07) is 2.97. The molecule has 0 spiro atoms. The van der Waals surface area contributed by atoms with E-state index in [2.05, 4.69) is 10.3 Å². The SMILES string of the molecule is Cc1cc(C(=O)NC(CCO)C2CC2)cc(=O)[nH]1. The van der Waals surface area contributed by atoms with Crippen molar-refractivity contribution in [3.63, 3.8) is 0 Å². The zero-order chi connectivity index (χ0) is 13.1. The summed E-state index contributed by atoms with van der Waals surface area (Å²) in [4.78, 5) is 25.9. The van der Waals surface area contributed by atoms with Crippen LogP contribution >= 0.6 is 0 Å². The summed E-state index contributed by atoms with van der Waals surface area (Å²) < 4.78 is 0. The normalized spacial score (nSPS) is 16.3. The first-order valence-corrected chi connectivity index (χ1v) is 6.23. The predicted octanol–water partition coefficient (Wildman–Crippen LogP) is 0.574. The number of pyridine rings is 1. The number of aliphatic hydroxyl groups excluding tert-OH is 1. The van der Waals surface area contributed by atoms with E-state index in [4.69, 9.17) is 5.11 Å². The first-order valence-electron chi connectivity index (χ1n) is 6.23. The van der Waals surface area contributed by atoms with E-state index in [1.807, 2.05) is 0 Å². The van der Waals surface area contributed by atoms with E-state index in [1.54, 1.807) is 13.0 Å². The van der Waals surface area contributed by atoms with Crippen molar-refractivity contribution in [2.45, 2.75) is 32.2 Å². The molecule has 0 radical (unpaired) electrons. The van der Waals surface area contributed by atoms with E-state index < -0.39 is 0 Å². The van der Waals surface area contributed by atoms with Gasteiger partial charge in [-0.25, -0.2) is 0 Å². The minimum Gasteiger partial charge on any atom is -0.396 e. The topological polar surface area (TPSA) is 82.2 Å². The number of H-pyrrole nitrogens is 1. The lowest BCUT2D eigenvalue weighted by Gasteiger charge is -2.17.